The third kappa shape index (κ3) is 3.58. The first-order valence-corrected chi connectivity index (χ1v) is 7.25. The molecule has 0 aromatic heterocycles. The molecule has 0 bridgehead atoms. The molecule has 0 fully saturated rings. The average Bonchev–Trinajstić information content (AvgIpc) is 2.45. The molecule has 0 saturated carbocycles. The van der Waals surface area contributed by atoms with E-state index in [0.717, 1.165) is 5.71 Å². The summed E-state index contributed by atoms with van der Waals surface area (Å²) in [5, 5.41) is 3.88. The minimum absolute atomic E-state index is 0.239. The Morgan fingerprint density at radius 2 is 2.00 bits per heavy atom. The second-order valence-electron chi connectivity index (χ2n) is 4.15. The van der Waals surface area contributed by atoms with E-state index in [1.54, 1.807) is 13.8 Å². The van der Waals surface area contributed by atoms with Crippen LogP contribution in [0.4, 0.5) is 0 Å². The monoisotopic (exact) mass is 249 g/mol. The van der Waals surface area contributed by atoms with Gasteiger partial charge in [-0.2, -0.15) is 0 Å². The lowest BCUT2D eigenvalue weighted by Crippen LogP contribution is -2.30. The maximum absolute atomic E-state index is 12.3. The zero-order chi connectivity index (χ0) is 12.2. The topological polar surface area (TPSA) is 57.1 Å². The number of oxime groups is 1. The van der Waals surface area contributed by atoms with Gasteiger partial charge in [0.1, 0.15) is 0 Å². The van der Waals surface area contributed by atoms with Gasteiger partial charge in [0.2, 0.25) is 0 Å². The summed E-state index contributed by atoms with van der Waals surface area (Å²) in [6.45, 7) is 8.09. The summed E-state index contributed by atoms with van der Waals surface area (Å²) in [7, 11) is -3.06. The van der Waals surface area contributed by atoms with Crippen molar-refractivity contribution in [3.8, 4) is 0 Å². The van der Waals surface area contributed by atoms with Crippen molar-refractivity contribution in [1.82, 2.24) is 0 Å². The molecule has 1 aliphatic rings. The summed E-state index contributed by atoms with van der Waals surface area (Å²) in [6.07, 6.45) is 0.902. The molecule has 1 unspecified atom stereocenters. The van der Waals surface area contributed by atoms with Crippen molar-refractivity contribution in [1.29, 1.82) is 0 Å². The Bertz CT molecular complexity index is 308. The molecular formula is C10H20NO4P. The van der Waals surface area contributed by atoms with Gasteiger partial charge in [-0.3, -0.25) is 4.57 Å². The second-order valence-corrected chi connectivity index (χ2v) is 6.20. The predicted molar refractivity (Wildman–Crippen MR) is 62.9 cm³/mol. The summed E-state index contributed by atoms with van der Waals surface area (Å²) in [4.78, 5) is 5.30. The SMILES string of the molecule is CCOP(=O)(CC1(C)CC(C)=NO1)OCC. The molecule has 16 heavy (non-hydrogen) atoms. The molecule has 0 spiro atoms. The first kappa shape index (κ1) is 13.7. The molecule has 1 aliphatic heterocycles. The predicted octanol–water partition coefficient (Wildman–Crippen LogP) is 2.81. The molecule has 0 saturated heterocycles. The molecule has 0 aromatic carbocycles. The minimum Gasteiger partial charge on any atom is -0.388 e. The van der Waals surface area contributed by atoms with Gasteiger partial charge >= 0.3 is 7.60 Å². The molecule has 0 radical (unpaired) electrons. The van der Waals surface area contributed by atoms with Gasteiger partial charge in [-0.05, 0) is 27.7 Å². The Kier molecular flexibility index (Phi) is 4.53. The molecule has 0 N–H and O–H groups in total. The van der Waals surface area contributed by atoms with E-state index in [1.807, 2.05) is 13.8 Å². The van der Waals surface area contributed by atoms with Crippen molar-refractivity contribution in [2.45, 2.75) is 39.7 Å². The van der Waals surface area contributed by atoms with Crippen LogP contribution in [0.15, 0.2) is 5.16 Å². The highest BCUT2D eigenvalue weighted by molar-refractivity contribution is 7.53. The molecule has 94 valence electrons. The fraction of sp³-hybridized carbons (Fsp3) is 0.900. The normalized spacial score (nSPS) is 25.4. The van der Waals surface area contributed by atoms with Gasteiger partial charge in [-0.15, -0.1) is 0 Å². The molecule has 5 nitrogen and oxygen atoms in total. The summed E-state index contributed by atoms with van der Waals surface area (Å²) in [5.74, 6) is 0. The Balaban J connectivity index is 2.65. The van der Waals surface area contributed by atoms with Crippen LogP contribution in [0.1, 0.15) is 34.1 Å². The number of hydrogen-bond acceptors (Lipinski definition) is 5. The summed E-state index contributed by atoms with van der Waals surface area (Å²) in [5.41, 5.74) is 0.339. The largest absolute Gasteiger partial charge is 0.388 e. The molecule has 0 aliphatic carbocycles. The van der Waals surface area contributed by atoms with Gasteiger partial charge in [-0.1, -0.05) is 5.16 Å². The van der Waals surface area contributed by atoms with Gasteiger partial charge in [-0.25, -0.2) is 0 Å². The fourth-order valence-corrected chi connectivity index (χ4v) is 3.84. The average molecular weight is 249 g/mol. The van der Waals surface area contributed by atoms with E-state index in [9.17, 15) is 4.57 Å². The third-order valence-corrected chi connectivity index (χ3v) is 4.59. The van der Waals surface area contributed by atoms with Crippen LogP contribution in [0.25, 0.3) is 0 Å². The van der Waals surface area contributed by atoms with Crippen molar-refractivity contribution < 1.29 is 18.5 Å². The minimum atomic E-state index is -3.06. The van der Waals surface area contributed by atoms with E-state index in [0.29, 0.717) is 19.6 Å². The van der Waals surface area contributed by atoms with E-state index in [1.165, 1.54) is 0 Å². The van der Waals surface area contributed by atoms with Crippen molar-refractivity contribution in [2.75, 3.05) is 19.4 Å². The first-order valence-electron chi connectivity index (χ1n) is 5.53. The number of hydrogen-bond donors (Lipinski definition) is 0. The Morgan fingerprint density at radius 1 is 1.44 bits per heavy atom. The van der Waals surface area contributed by atoms with Gasteiger partial charge in [0.25, 0.3) is 0 Å². The quantitative estimate of drug-likeness (QED) is 0.679. The van der Waals surface area contributed by atoms with Crippen LogP contribution < -0.4 is 0 Å². The summed E-state index contributed by atoms with van der Waals surface area (Å²) >= 11 is 0. The molecular weight excluding hydrogens is 229 g/mol. The van der Waals surface area contributed by atoms with E-state index < -0.39 is 13.2 Å². The number of rotatable bonds is 6. The highest BCUT2D eigenvalue weighted by Gasteiger charge is 2.41. The maximum atomic E-state index is 12.3. The maximum Gasteiger partial charge on any atom is 0.334 e. The highest BCUT2D eigenvalue weighted by atomic mass is 31.2. The molecule has 0 amide bonds. The van der Waals surface area contributed by atoms with E-state index >= 15 is 0 Å². The van der Waals surface area contributed by atoms with Gasteiger partial charge < -0.3 is 13.9 Å². The molecule has 6 heteroatoms. The van der Waals surface area contributed by atoms with Gasteiger partial charge in [0.15, 0.2) is 5.60 Å². The van der Waals surface area contributed by atoms with Crippen molar-refractivity contribution >= 4 is 13.3 Å². The molecule has 1 heterocycles. The molecule has 1 atom stereocenters. The molecule has 0 aromatic rings. The van der Waals surface area contributed by atoms with Crippen LogP contribution in [0.3, 0.4) is 0 Å². The molecule has 1 rings (SSSR count). The van der Waals surface area contributed by atoms with Gasteiger partial charge in [0, 0.05) is 6.42 Å². The smallest absolute Gasteiger partial charge is 0.334 e. The van der Waals surface area contributed by atoms with E-state index in [2.05, 4.69) is 5.16 Å². The lowest BCUT2D eigenvalue weighted by Gasteiger charge is -2.26. The second kappa shape index (κ2) is 5.30. The van der Waals surface area contributed by atoms with E-state index in [4.69, 9.17) is 13.9 Å². The van der Waals surface area contributed by atoms with Crippen molar-refractivity contribution in [3.63, 3.8) is 0 Å². The lowest BCUT2D eigenvalue weighted by atomic mass is 10.0. The zero-order valence-corrected chi connectivity index (χ0v) is 11.3. The lowest BCUT2D eigenvalue weighted by molar-refractivity contribution is 0.00963. The van der Waals surface area contributed by atoms with Crippen molar-refractivity contribution in [2.24, 2.45) is 5.16 Å². The van der Waals surface area contributed by atoms with Crippen molar-refractivity contribution in [3.05, 3.63) is 0 Å². The van der Waals surface area contributed by atoms with Crippen LogP contribution in [-0.2, 0) is 18.5 Å². The highest BCUT2D eigenvalue weighted by Crippen LogP contribution is 2.52. The fourth-order valence-electron chi connectivity index (χ4n) is 1.81. The van der Waals surface area contributed by atoms with Crippen LogP contribution in [-0.4, -0.2) is 30.7 Å². The summed E-state index contributed by atoms with van der Waals surface area (Å²) < 4.78 is 22.8. The Hall–Kier alpha value is -0.380. The standard InChI is InChI=1S/C10H20NO4P/c1-5-13-16(12,14-6-2)8-10(4)7-9(3)11-15-10/h5-8H2,1-4H3. The zero-order valence-electron chi connectivity index (χ0n) is 10.4. The first-order chi connectivity index (χ1) is 7.43. The van der Waals surface area contributed by atoms with Crippen LogP contribution >= 0.6 is 7.60 Å². The summed E-state index contributed by atoms with van der Waals surface area (Å²) in [6, 6.07) is 0. The third-order valence-electron chi connectivity index (χ3n) is 2.23. The Morgan fingerprint density at radius 3 is 2.38 bits per heavy atom. The van der Waals surface area contributed by atoms with Crippen LogP contribution in [0.5, 0.6) is 0 Å². The van der Waals surface area contributed by atoms with Gasteiger partial charge in [0.05, 0.1) is 25.1 Å². The number of nitrogens with zero attached hydrogens (tertiary/aromatic N) is 1. The van der Waals surface area contributed by atoms with Crippen LogP contribution in [0.2, 0.25) is 0 Å². The Labute approximate surface area is 96.7 Å². The van der Waals surface area contributed by atoms with Crippen LogP contribution in [0, 0.1) is 0 Å². The van der Waals surface area contributed by atoms with E-state index in [-0.39, 0.29) is 6.16 Å².